The maximum Gasteiger partial charge on any atom is 0.335 e. The zero-order valence-electron chi connectivity index (χ0n) is 51.3. The molecule has 28 heteroatoms. The molecule has 0 aliphatic heterocycles. The van der Waals surface area contributed by atoms with Crippen LogP contribution in [0.4, 0.5) is 42.0 Å². The van der Waals surface area contributed by atoms with Gasteiger partial charge in [-0.1, -0.05) is 83.9 Å². The van der Waals surface area contributed by atoms with Gasteiger partial charge in [0.25, 0.3) is 0 Å². The van der Waals surface area contributed by atoms with E-state index >= 15 is 8.78 Å². The molecule has 6 amide bonds. The Morgan fingerprint density at radius 1 is 0.532 bits per heavy atom. The fraction of sp³-hybridized carbons (Fsp3) is 0.182. The predicted molar refractivity (Wildman–Crippen MR) is 352 cm³/mol. The standard InChI is InChI=1S/C33H30ClFN8O4.C29H26ClFN4O5.C4H5N3/c1-19(2)42(16-29(45)40-27-10-6-8-24(31(27)35)23-7-4-5-9-26(23)34)30(46)17-43-28-12-11-21(13-25(28)32(41-43)20(3)44)38-33(47)39-22-14-36-18-37-15-22;1-16(2)34(14-25(37)32-23-10-6-8-20(27(23)31)19-7-4-5-9-22(19)30)26(38)15-35-24-12-11-18(29(39)40)13-21(24)28(33-35)17(3)36;5-4-1-6-3-7-2-4/h4-15,18-19H,16-17H2,1-3H3,(H,40,45)(H2,38,39,47);4-13,16H,14-15H2,1-3H3,(H,32,37)(H,39,40);1-3H,5H2. The van der Waals surface area contributed by atoms with Gasteiger partial charge in [0.2, 0.25) is 23.6 Å². The van der Waals surface area contributed by atoms with Gasteiger partial charge >= 0.3 is 12.0 Å². The van der Waals surface area contributed by atoms with Crippen molar-refractivity contribution in [2.45, 2.75) is 66.7 Å². The molecule has 4 aromatic heterocycles. The first-order chi connectivity index (χ1) is 44.9. The number of carboxylic acids is 1. The molecule has 0 fully saturated rings. The second kappa shape index (κ2) is 31.1. The van der Waals surface area contributed by atoms with E-state index in [-0.39, 0.29) is 77.2 Å². The molecule has 0 radical (unpaired) electrons. The summed E-state index contributed by atoms with van der Waals surface area (Å²) in [6, 6.07) is 30.4. The van der Waals surface area contributed by atoms with Crippen LogP contribution in [-0.4, -0.2) is 127 Å². The molecular formula is C66H61Cl2F2N15O9. The Labute approximate surface area is 546 Å². The SMILES string of the molecule is CC(=O)c1nn(CC(=O)N(CC(=O)Nc2cccc(-c3ccccc3Cl)c2F)C(C)C)c2ccc(C(=O)O)cc12.CC(=O)c1nn(CC(=O)N(CC(=O)Nc2cccc(-c3ccccc3Cl)c2F)C(C)C)c2ccc(NC(=O)Nc3cncnc3)cc12.Nc1cncnc1. The smallest absolute Gasteiger partial charge is 0.335 e. The quantitative estimate of drug-likeness (QED) is 0.0410. The molecule has 0 aliphatic rings. The van der Waals surface area contributed by atoms with Gasteiger partial charge in [0.1, 0.15) is 50.2 Å². The molecule has 0 saturated heterocycles. The van der Waals surface area contributed by atoms with Gasteiger partial charge in [0.05, 0.1) is 64.1 Å². The third-order valence-electron chi connectivity index (χ3n) is 14.0. The summed E-state index contributed by atoms with van der Waals surface area (Å²) in [5.41, 5.74) is 8.88. The van der Waals surface area contributed by atoms with Crippen LogP contribution in [-0.2, 0) is 32.3 Å². The zero-order chi connectivity index (χ0) is 67.9. The number of urea groups is 1. The van der Waals surface area contributed by atoms with E-state index in [1.54, 1.807) is 131 Å². The number of hydrogen-bond acceptors (Lipinski definition) is 15. The number of hydrogen-bond donors (Lipinski definition) is 6. The van der Waals surface area contributed by atoms with Crippen molar-refractivity contribution in [3.05, 3.63) is 197 Å². The predicted octanol–water partition coefficient (Wildman–Crippen LogP) is 11.3. The summed E-state index contributed by atoms with van der Waals surface area (Å²) in [5.74, 6) is -5.35. The second-order valence-electron chi connectivity index (χ2n) is 21.4. The fourth-order valence-corrected chi connectivity index (χ4v) is 10.0. The highest BCUT2D eigenvalue weighted by Gasteiger charge is 2.27. The highest BCUT2D eigenvalue weighted by atomic mass is 35.5. The summed E-state index contributed by atoms with van der Waals surface area (Å²) >= 11 is 12.5. The van der Waals surface area contributed by atoms with Crippen LogP contribution in [0.15, 0.2) is 159 Å². The van der Waals surface area contributed by atoms with Crippen molar-refractivity contribution in [2.75, 3.05) is 40.1 Å². The first kappa shape index (κ1) is 68.5. The van der Waals surface area contributed by atoms with Crippen LogP contribution < -0.4 is 27.0 Å². The monoisotopic (exact) mass is 1320 g/mol. The maximum atomic E-state index is 15.4. The summed E-state index contributed by atoms with van der Waals surface area (Å²) in [6.07, 6.45) is 8.75. The van der Waals surface area contributed by atoms with Gasteiger partial charge in [0.15, 0.2) is 23.2 Å². The molecular weight excluding hydrogens is 1260 g/mol. The molecule has 0 bridgehead atoms. The Hall–Kier alpha value is -11.4. The number of amides is 6. The molecule has 24 nitrogen and oxygen atoms in total. The number of rotatable bonds is 19. The highest BCUT2D eigenvalue weighted by Crippen LogP contribution is 2.35. The van der Waals surface area contributed by atoms with Crippen LogP contribution in [0, 0.1) is 11.6 Å². The van der Waals surface area contributed by atoms with Gasteiger partial charge in [-0.3, -0.25) is 38.1 Å². The fourth-order valence-electron chi connectivity index (χ4n) is 9.57. The van der Waals surface area contributed by atoms with Gasteiger partial charge in [-0.15, -0.1) is 0 Å². The summed E-state index contributed by atoms with van der Waals surface area (Å²) in [6.45, 7) is 8.27. The Balaban J connectivity index is 0.000000220. The summed E-state index contributed by atoms with van der Waals surface area (Å²) in [7, 11) is 0. The lowest BCUT2D eigenvalue weighted by atomic mass is 10.0. The molecule has 4 heterocycles. The van der Waals surface area contributed by atoms with E-state index in [0.29, 0.717) is 60.0 Å². The van der Waals surface area contributed by atoms with Crippen molar-refractivity contribution in [2.24, 2.45) is 0 Å². The molecule has 7 N–H and O–H groups in total. The lowest BCUT2D eigenvalue weighted by molar-refractivity contribution is -0.137. The third-order valence-corrected chi connectivity index (χ3v) is 14.7. The maximum absolute atomic E-state index is 15.4. The first-order valence-electron chi connectivity index (χ1n) is 28.7. The average molecular weight is 1320 g/mol. The molecule has 0 unspecified atom stereocenters. The average Bonchev–Trinajstić information content (AvgIpc) is 1.61. The van der Waals surface area contributed by atoms with Gasteiger partial charge in [-0.25, -0.2) is 38.3 Å². The normalized spacial score (nSPS) is 10.8. The minimum absolute atomic E-state index is 0.0211. The number of Topliss-reactive ketones (excluding diaryl/α,β-unsaturated/α-hetero) is 2. The van der Waals surface area contributed by atoms with Crippen molar-refractivity contribution >= 4 is 121 Å². The number of carbonyl (C=O) groups is 8. The molecule has 10 aromatic rings. The van der Waals surface area contributed by atoms with Crippen molar-refractivity contribution in [3.8, 4) is 22.3 Å². The number of nitrogens with one attached hydrogen (secondary N) is 4. The number of halogens is 4. The number of carbonyl (C=O) groups excluding carboxylic acids is 7. The topological polar surface area (TPSA) is 325 Å². The number of benzene rings is 6. The molecule has 94 heavy (non-hydrogen) atoms. The molecule has 0 aliphatic carbocycles. The molecule has 6 aromatic carbocycles. The lowest BCUT2D eigenvalue weighted by Gasteiger charge is -2.26. The largest absolute Gasteiger partial charge is 0.478 e. The van der Waals surface area contributed by atoms with Crippen molar-refractivity contribution in [1.29, 1.82) is 0 Å². The number of carboxylic acid groups (broad SMARTS) is 1. The zero-order valence-corrected chi connectivity index (χ0v) is 52.8. The first-order valence-corrected chi connectivity index (χ1v) is 29.5. The van der Waals surface area contributed by atoms with E-state index in [0.717, 1.165) is 0 Å². The van der Waals surface area contributed by atoms with E-state index in [4.69, 9.17) is 28.9 Å². The minimum atomic E-state index is -1.16. The number of nitrogens with zero attached hydrogens (tertiary/aromatic N) is 10. The number of nitrogens with two attached hydrogens (primary N) is 1. The van der Waals surface area contributed by atoms with Gasteiger partial charge in [0, 0.05) is 74.7 Å². The minimum Gasteiger partial charge on any atom is -0.478 e. The van der Waals surface area contributed by atoms with E-state index in [2.05, 4.69) is 51.4 Å². The van der Waals surface area contributed by atoms with Crippen molar-refractivity contribution in [1.82, 2.24) is 49.3 Å². The van der Waals surface area contributed by atoms with Crippen LogP contribution in [0.5, 0.6) is 0 Å². The number of aromatic carboxylic acids is 1. The van der Waals surface area contributed by atoms with Crippen molar-refractivity contribution in [3.63, 3.8) is 0 Å². The number of aromatic nitrogens is 8. The van der Waals surface area contributed by atoms with Gasteiger partial charge in [-0.05, 0) is 88.4 Å². The van der Waals surface area contributed by atoms with E-state index in [1.807, 2.05) is 0 Å². The van der Waals surface area contributed by atoms with Crippen LogP contribution in [0.25, 0.3) is 44.1 Å². The van der Waals surface area contributed by atoms with Gasteiger partial charge < -0.3 is 41.9 Å². The van der Waals surface area contributed by atoms with E-state index < -0.39 is 59.3 Å². The summed E-state index contributed by atoms with van der Waals surface area (Å²) in [4.78, 5) is 119. The highest BCUT2D eigenvalue weighted by molar-refractivity contribution is 6.33. The van der Waals surface area contributed by atoms with Crippen LogP contribution in [0.3, 0.4) is 0 Å². The number of nitrogen functional groups attached to an aromatic ring is 1. The number of ketones is 2. The molecule has 482 valence electrons. The molecule has 10 rings (SSSR count). The third kappa shape index (κ3) is 17.2. The van der Waals surface area contributed by atoms with Gasteiger partial charge in [-0.2, -0.15) is 10.2 Å². The number of fused-ring (bicyclic) bond motifs is 2. The van der Waals surface area contributed by atoms with Crippen LogP contribution in [0.2, 0.25) is 10.0 Å². The van der Waals surface area contributed by atoms with Crippen molar-refractivity contribution < 1.29 is 52.2 Å². The molecule has 0 spiro atoms. The Morgan fingerprint density at radius 3 is 1.36 bits per heavy atom. The molecule has 0 atom stereocenters. The number of anilines is 5. The lowest BCUT2D eigenvalue weighted by Crippen LogP contribution is -2.44. The van der Waals surface area contributed by atoms with E-state index in [9.17, 15) is 43.5 Å². The Morgan fingerprint density at radius 2 is 0.947 bits per heavy atom. The van der Waals surface area contributed by atoms with Crippen LogP contribution >= 0.6 is 23.2 Å². The second-order valence-corrected chi connectivity index (χ2v) is 22.2. The summed E-state index contributed by atoms with van der Waals surface area (Å²) < 4.78 is 33.4. The van der Waals surface area contributed by atoms with E-state index in [1.165, 1.54) is 88.4 Å². The molecule has 0 saturated carbocycles. The Bertz CT molecular complexity index is 4500. The summed E-state index contributed by atoms with van der Waals surface area (Å²) in [5, 5.41) is 29.8. The Kier molecular flexibility index (Phi) is 22.7. The van der Waals surface area contributed by atoms with Crippen LogP contribution in [0.1, 0.15) is 72.9 Å².